The highest BCUT2D eigenvalue weighted by Crippen LogP contribution is 2.32. The molecule has 13 heavy (non-hydrogen) atoms. The molecule has 0 saturated heterocycles. The van der Waals surface area contributed by atoms with Crippen LogP contribution in [0.15, 0.2) is 18.2 Å². The van der Waals surface area contributed by atoms with Crippen LogP contribution in [0, 0.1) is 0 Å². The molecule has 1 aliphatic heterocycles. The Morgan fingerprint density at radius 2 is 2.38 bits per heavy atom. The lowest BCUT2D eigenvalue weighted by atomic mass is 10.2. The van der Waals surface area contributed by atoms with Crippen LogP contribution < -0.4 is 14.8 Å². The molecule has 1 atom stereocenters. The number of rotatable bonds is 1. The zero-order chi connectivity index (χ0) is 9.26. The molecule has 0 aliphatic carbocycles. The average molecular weight is 179 g/mol. The molecule has 0 saturated carbocycles. The van der Waals surface area contributed by atoms with Gasteiger partial charge in [0.15, 0.2) is 0 Å². The van der Waals surface area contributed by atoms with Gasteiger partial charge in [-0.05, 0) is 19.1 Å². The summed E-state index contributed by atoms with van der Waals surface area (Å²) in [4.78, 5) is 0. The first-order chi connectivity index (χ1) is 6.29. The Morgan fingerprint density at radius 1 is 1.54 bits per heavy atom. The molecule has 1 aromatic carbocycles. The van der Waals surface area contributed by atoms with Gasteiger partial charge < -0.3 is 14.8 Å². The maximum atomic E-state index is 5.54. The summed E-state index contributed by atoms with van der Waals surface area (Å²) in [5.41, 5.74) is 1.04. The van der Waals surface area contributed by atoms with Gasteiger partial charge in [0.2, 0.25) is 0 Å². The smallest absolute Gasteiger partial charge is 0.146 e. The number of anilines is 1. The zero-order valence-corrected chi connectivity index (χ0v) is 7.83. The predicted octanol–water partition coefficient (Wildman–Crippen LogP) is 1.89. The van der Waals surface area contributed by atoms with Crippen LogP contribution in [0.2, 0.25) is 0 Å². The Kier molecular flexibility index (Phi) is 2.00. The highest BCUT2D eigenvalue weighted by molar-refractivity contribution is 5.60. The summed E-state index contributed by atoms with van der Waals surface area (Å²) in [6.45, 7) is 2.80. The highest BCUT2D eigenvalue weighted by Gasteiger charge is 2.14. The minimum Gasteiger partial charge on any atom is -0.497 e. The number of hydrogen-bond acceptors (Lipinski definition) is 3. The van der Waals surface area contributed by atoms with Gasteiger partial charge in [-0.2, -0.15) is 0 Å². The standard InChI is InChI=1S/C10H13NO2/c1-7-6-13-10-5-8(12-2)3-4-9(10)11-7/h3-5,7,11H,6H2,1-2H3. The van der Waals surface area contributed by atoms with E-state index in [-0.39, 0.29) is 0 Å². The molecule has 1 unspecified atom stereocenters. The van der Waals surface area contributed by atoms with Crippen LogP contribution in [-0.2, 0) is 0 Å². The molecule has 3 nitrogen and oxygen atoms in total. The Bertz CT molecular complexity index is 312. The topological polar surface area (TPSA) is 30.5 Å². The van der Waals surface area contributed by atoms with Crippen molar-refractivity contribution < 1.29 is 9.47 Å². The third-order valence-corrected chi connectivity index (χ3v) is 2.08. The summed E-state index contributed by atoms with van der Waals surface area (Å²) in [5.74, 6) is 1.70. The molecule has 3 heteroatoms. The number of nitrogens with one attached hydrogen (secondary N) is 1. The summed E-state index contributed by atoms with van der Waals surface area (Å²) in [6, 6.07) is 6.17. The minimum atomic E-state index is 0.376. The van der Waals surface area contributed by atoms with E-state index >= 15 is 0 Å². The summed E-state index contributed by atoms with van der Waals surface area (Å²) in [6.07, 6.45) is 0. The number of hydrogen-bond donors (Lipinski definition) is 1. The van der Waals surface area contributed by atoms with Crippen LogP contribution in [0.3, 0.4) is 0 Å². The van der Waals surface area contributed by atoms with E-state index in [1.54, 1.807) is 7.11 Å². The fourth-order valence-electron chi connectivity index (χ4n) is 1.39. The van der Waals surface area contributed by atoms with E-state index in [0.717, 1.165) is 17.2 Å². The number of ether oxygens (including phenoxy) is 2. The second-order valence-electron chi connectivity index (χ2n) is 3.22. The first-order valence-corrected chi connectivity index (χ1v) is 4.37. The van der Waals surface area contributed by atoms with Gasteiger partial charge in [-0.1, -0.05) is 0 Å². The van der Waals surface area contributed by atoms with Gasteiger partial charge in [-0.25, -0.2) is 0 Å². The summed E-state index contributed by atoms with van der Waals surface area (Å²) < 4.78 is 10.6. The molecular weight excluding hydrogens is 166 g/mol. The molecular formula is C10H13NO2. The lowest BCUT2D eigenvalue weighted by Gasteiger charge is -2.24. The van der Waals surface area contributed by atoms with Crippen LogP contribution in [0.25, 0.3) is 0 Å². The molecule has 0 fully saturated rings. The quantitative estimate of drug-likeness (QED) is 0.714. The molecule has 0 radical (unpaired) electrons. The van der Waals surface area contributed by atoms with E-state index in [2.05, 4.69) is 12.2 Å². The lowest BCUT2D eigenvalue weighted by molar-refractivity contribution is 0.289. The Hall–Kier alpha value is -1.38. The number of benzene rings is 1. The van der Waals surface area contributed by atoms with Crippen molar-refractivity contribution >= 4 is 5.69 Å². The van der Waals surface area contributed by atoms with E-state index in [1.807, 2.05) is 18.2 Å². The van der Waals surface area contributed by atoms with Crippen molar-refractivity contribution in [3.63, 3.8) is 0 Å². The fraction of sp³-hybridized carbons (Fsp3) is 0.400. The molecule has 2 rings (SSSR count). The van der Waals surface area contributed by atoms with Gasteiger partial charge in [0.25, 0.3) is 0 Å². The van der Waals surface area contributed by atoms with Crippen LogP contribution >= 0.6 is 0 Å². The second kappa shape index (κ2) is 3.17. The first kappa shape index (κ1) is 8.23. The second-order valence-corrected chi connectivity index (χ2v) is 3.22. The van der Waals surface area contributed by atoms with Gasteiger partial charge in [-0.15, -0.1) is 0 Å². The van der Waals surface area contributed by atoms with Crippen molar-refractivity contribution in [3.8, 4) is 11.5 Å². The van der Waals surface area contributed by atoms with Gasteiger partial charge in [0, 0.05) is 6.07 Å². The minimum absolute atomic E-state index is 0.376. The summed E-state index contributed by atoms with van der Waals surface area (Å²) in [7, 11) is 1.65. The van der Waals surface area contributed by atoms with Crippen molar-refractivity contribution in [3.05, 3.63) is 18.2 Å². The van der Waals surface area contributed by atoms with Crippen LogP contribution in [0.5, 0.6) is 11.5 Å². The van der Waals surface area contributed by atoms with Gasteiger partial charge in [0.05, 0.1) is 18.8 Å². The van der Waals surface area contributed by atoms with Crippen molar-refractivity contribution in [2.45, 2.75) is 13.0 Å². The molecule has 0 amide bonds. The van der Waals surface area contributed by atoms with E-state index in [9.17, 15) is 0 Å². The van der Waals surface area contributed by atoms with Crippen molar-refractivity contribution in [2.24, 2.45) is 0 Å². The Balaban J connectivity index is 2.31. The monoisotopic (exact) mass is 179 g/mol. The molecule has 1 aliphatic rings. The predicted molar refractivity (Wildman–Crippen MR) is 51.6 cm³/mol. The largest absolute Gasteiger partial charge is 0.497 e. The molecule has 1 heterocycles. The lowest BCUT2D eigenvalue weighted by Crippen LogP contribution is -2.28. The van der Waals surface area contributed by atoms with Crippen LogP contribution in [-0.4, -0.2) is 19.8 Å². The molecule has 0 spiro atoms. The van der Waals surface area contributed by atoms with Crippen LogP contribution in [0.4, 0.5) is 5.69 Å². The Labute approximate surface area is 77.7 Å². The normalized spacial score (nSPS) is 19.7. The molecule has 1 aromatic rings. The average Bonchev–Trinajstić information content (AvgIpc) is 2.17. The summed E-state index contributed by atoms with van der Waals surface area (Å²) in [5, 5.41) is 3.33. The van der Waals surface area contributed by atoms with Crippen molar-refractivity contribution in [1.82, 2.24) is 0 Å². The van der Waals surface area contributed by atoms with Gasteiger partial charge >= 0.3 is 0 Å². The van der Waals surface area contributed by atoms with E-state index in [0.29, 0.717) is 12.6 Å². The molecule has 0 bridgehead atoms. The van der Waals surface area contributed by atoms with Gasteiger partial charge in [-0.3, -0.25) is 0 Å². The Morgan fingerprint density at radius 3 is 3.15 bits per heavy atom. The van der Waals surface area contributed by atoms with E-state index in [1.165, 1.54) is 0 Å². The van der Waals surface area contributed by atoms with Crippen molar-refractivity contribution in [2.75, 3.05) is 19.0 Å². The van der Waals surface area contributed by atoms with Crippen LogP contribution in [0.1, 0.15) is 6.92 Å². The fourth-order valence-corrected chi connectivity index (χ4v) is 1.39. The molecule has 0 aromatic heterocycles. The maximum Gasteiger partial charge on any atom is 0.146 e. The van der Waals surface area contributed by atoms with Crippen molar-refractivity contribution in [1.29, 1.82) is 0 Å². The SMILES string of the molecule is COc1ccc2c(c1)OCC(C)N2. The highest BCUT2D eigenvalue weighted by atomic mass is 16.5. The molecule has 1 N–H and O–H groups in total. The number of methoxy groups -OCH3 is 1. The molecule has 70 valence electrons. The first-order valence-electron chi connectivity index (χ1n) is 4.37. The van der Waals surface area contributed by atoms with Gasteiger partial charge in [0.1, 0.15) is 18.1 Å². The third-order valence-electron chi connectivity index (χ3n) is 2.08. The zero-order valence-electron chi connectivity index (χ0n) is 7.83. The van der Waals surface area contributed by atoms with E-state index < -0.39 is 0 Å². The number of fused-ring (bicyclic) bond motifs is 1. The maximum absolute atomic E-state index is 5.54. The van der Waals surface area contributed by atoms with E-state index in [4.69, 9.17) is 9.47 Å². The third kappa shape index (κ3) is 1.54. The summed E-state index contributed by atoms with van der Waals surface area (Å²) >= 11 is 0.